The zero-order valence-corrected chi connectivity index (χ0v) is 12.7. The molecule has 0 atom stereocenters. The van der Waals surface area contributed by atoms with Gasteiger partial charge >= 0.3 is 0 Å². The highest BCUT2D eigenvalue weighted by molar-refractivity contribution is 7.17. The monoisotopic (exact) mass is 307 g/mol. The molecule has 0 unspecified atom stereocenters. The highest BCUT2D eigenvalue weighted by atomic mass is 32.1. The predicted octanol–water partition coefficient (Wildman–Crippen LogP) is 3.84. The van der Waals surface area contributed by atoms with E-state index < -0.39 is 0 Å². The smallest absolute Gasteiger partial charge is 0.130 e. The van der Waals surface area contributed by atoms with Crippen LogP contribution in [-0.4, -0.2) is 19.7 Å². The fraction of sp³-hybridized carbons (Fsp3) is 0.0625. The summed E-state index contributed by atoms with van der Waals surface area (Å²) in [6.45, 7) is 0. The highest BCUT2D eigenvalue weighted by Gasteiger charge is 2.09. The summed E-state index contributed by atoms with van der Waals surface area (Å²) < 4.78 is 2.92. The first-order valence-corrected chi connectivity index (χ1v) is 7.73. The van der Waals surface area contributed by atoms with Gasteiger partial charge in [-0.1, -0.05) is 6.07 Å². The molecule has 0 fully saturated rings. The van der Waals surface area contributed by atoms with Crippen LogP contribution >= 0.6 is 11.3 Å². The fourth-order valence-electron chi connectivity index (χ4n) is 2.29. The first-order chi connectivity index (χ1) is 10.8. The lowest BCUT2D eigenvalue weighted by atomic mass is 10.2. The minimum absolute atomic E-state index is 0.816. The summed E-state index contributed by atoms with van der Waals surface area (Å²) in [5.74, 6) is 0.816. The van der Waals surface area contributed by atoms with Crippen LogP contribution in [0.4, 0.5) is 11.5 Å². The van der Waals surface area contributed by atoms with E-state index >= 15 is 0 Å². The Morgan fingerprint density at radius 1 is 1.18 bits per heavy atom. The Bertz CT molecular complexity index is 926. The van der Waals surface area contributed by atoms with E-state index in [-0.39, 0.29) is 0 Å². The number of nitrogens with one attached hydrogen (secondary N) is 1. The van der Waals surface area contributed by atoms with Gasteiger partial charge in [0.1, 0.15) is 11.3 Å². The average Bonchev–Trinajstić information content (AvgIpc) is 3.15. The second-order valence-corrected chi connectivity index (χ2v) is 5.85. The number of aromatic nitrogens is 4. The van der Waals surface area contributed by atoms with Gasteiger partial charge < -0.3 is 5.32 Å². The Morgan fingerprint density at radius 3 is 2.91 bits per heavy atom. The molecular weight excluding hydrogens is 294 g/mol. The number of fused-ring (bicyclic) bond motifs is 1. The lowest BCUT2D eigenvalue weighted by Gasteiger charge is -2.04. The maximum absolute atomic E-state index is 4.78. The molecule has 22 heavy (non-hydrogen) atoms. The van der Waals surface area contributed by atoms with Gasteiger partial charge in [-0.05, 0) is 24.3 Å². The Morgan fingerprint density at radius 2 is 2.14 bits per heavy atom. The topological polar surface area (TPSA) is 55.6 Å². The average molecular weight is 307 g/mol. The molecule has 0 aromatic carbocycles. The third kappa shape index (κ3) is 2.33. The van der Waals surface area contributed by atoms with Gasteiger partial charge in [0.2, 0.25) is 0 Å². The van der Waals surface area contributed by atoms with E-state index in [0.29, 0.717) is 0 Å². The van der Waals surface area contributed by atoms with Gasteiger partial charge in [0.25, 0.3) is 0 Å². The molecule has 0 radical (unpaired) electrons. The van der Waals surface area contributed by atoms with E-state index in [4.69, 9.17) is 4.98 Å². The zero-order chi connectivity index (χ0) is 14.9. The van der Waals surface area contributed by atoms with Crippen molar-refractivity contribution in [3.8, 4) is 11.3 Å². The summed E-state index contributed by atoms with van der Waals surface area (Å²) >= 11 is 1.67. The SMILES string of the molecule is Cn1cc(-c2ccc3scc(Nc4ccccn4)c3n2)cn1. The van der Waals surface area contributed by atoms with Crippen LogP contribution in [-0.2, 0) is 7.05 Å². The number of nitrogens with zero attached hydrogens (tertiary/aromatic N) is 4. The van der Waals surface area contributed by atoms with Crippen molar-refractivity contribution in [1.29, 1.82) is 0 Å². The molecule has 4 aromatic heterocycles. The van der Waals surface area contributed by atoms with E-state index in [0.717, 1.165) is 33.0 Å². The molecule has 4 aromatic rings. The van der Waals surface area contributed by atoms with Crippen LogP contribution in [0.1, 0.15) is 0 Å². The van der Waals surface area contributed by atoms with Gasteiger partial charge in [0, 0.05) is 30.4 Å². The molecular formula is C16H13N5S. The summed E-state index contributed by atoms with van der Waals surface area (Å²) in [6, 6.07) is 9.92. The van der Waals surface area contributed by atoms with Crippen LogP contribution in [0, 0.1) is 0 Å². The van der Waals surface area contributed by atoms with Gasteiger partial charge in [-0.15, -0.1) is 11.3 Å². The molecule has 108 valence electrons. The van der Waals surface area contributed by atoms with Crippen molar-refractivity contribution in [3.63, 3.8) is 0 Å². The van der Waals surface area contributed by atoms with Gasteiger partial charge in [0.15, 0.2) is 0 Å². The molecule has 0 saturated heterocycles. The van der Waals surface area contributed by atoms with Crippen molar-refractivity contribution in [3.05, 3.63) is 54.3 Å². The van der Waals surface area contributed by atoms with E-state index in [1.165, 1.54) is 0 Å². The molecule has 0 saturated carbocycles. The summed E-state index contributed by atoms with van der Waals surface area (Å²) in [5, 5.41) is 9.60. The van der Waals surface area contributed by atoms with Crippen molar-refractivity contribution in [2.24, 2.45) is 7.05 Å². The number of thiophene rings is 1. The van der Waals surface area contributed by atoms with Crippen LogP contribution in [0.2, 0.25) is 0 Å². The van der Waals surface area contributed by atoms with Gasteiger partial charge in [-0.25, -0.2) is 9.97 Å². The highest BCUT2D eigenvalue weighted by Crippen LogP contribution is 2.32. The number of pyridine rings is 2. The van der Waals surface area contributed by atoms with Gasteiger partial charge in [-0.3, -0.25) is 4.68 Å². The third-order valence-electron chi connectivity index (χ3n) is 3.35. The molecule has 5 nitrogen and oxygen atoms in total. The first kappa shape index (κ1) is 13.0. The Hall–Kier alpha value is -2.73. The van der Waals surface area contributed by atoms with Crippen LogP contribution < -0.4 is 5.32 Å². The van der Waals surface area contributed by atoms with Crippen molar-refractivity contribution >= 4 is 33.1 Å². The normalized spacial score (nSPS) is 11.0. The number of hydrogen-bond acceptors (Lipinski definition) is 5. The number of anilines is 2. The standard InChI is InChI=1S/C16H13N5S/c1-21-9-11(8-18-21)12-5-6-14-16(20-12)13(10-22-14)19-15-4-2-3-7-17-15/h2-10H,1H3,(H,17,19). The largest absolute Gasteiger partial charge is 0.338 e. The molecule has 0 amide bonds. The molecule has 0 bridgehead atoms. The van der Waals surface area contributed by atoms with E-state index in [2.05, 4.69) is 26.8 Å². The van der Waals surface area contributed by atoms with Gasteiger partial charge in [0.05, 0.1) is 22.3 Å². The first-order valence-electron chi connectivity index (χ1n) is 6.85. The summed E-state index contributed by atoms with van der Waals surface area (Å²) in [7, 11) is 1.90. The predicted molar refractivity (Wildman–Crippen MR) is 89.3 cm³/mol. The van der Waals surface area contributed by atoms with Crippen molar-refractivity contribution in [2.45, 2.75) is 0 Å². The van der Waals surface area contributed by atoms with Crippen molar-refractivity contribution < 1.29 is 0 Å². The third-order valence-corrected chi connectivity index (χ3v) is 4.28. The summed E-state index contributed by atoms with van der Waals surface area (Å²) in [5.41, 5.74) is 3.86. The molecule has 0 aliphatic heterocycles. The second-order valence-electron chi connectivity index (χ2n) is 4.94. The zero-order valence-electron chi connectivity index (χ0n) is 11.9. The molecule has 4 heterocycles. The quantitative estimate of drug-likeness (QED) is 0.625. The molecule has 0 spiro atoms. The summed E-state index contributed by atoms with van der Waals surface area (Å²) in [6.07, 6.45) is 5.56. The minimum Gasteiger partial charge on any atom is -0.338 e. The Kier molecular flexibility index (Phi) is 3.08. The van der Waals surface area contributed by atoms with Crippen LogP contribution in [0.25, 0.3) is 21.5 Å². The molecule has 0 aliphatic carbocycles. The molecule has 1 N–H and O–H groups in total. The second kappa shape index (κ2) is 5.23. The van der Waals surface area contributed by atoms with Crippen LogP contribution in [0.15, 0.2) is 54.3 Å². The lowest BCUT2D eigenvalue weighted by molar-refractivity contribution is 0.768. The Balaban J connectivity index is 1.76. The summed E-state index contributed by atoms with van der Waals surface area (Å²) in [4.78, 5) is 9.08. The maximum atomic E-state index is 4.78. The number of hydrogen-bond donors (Lipinski definition) is 1. The van der Waals surface area contributed by atoms with Crippen molar-refractivity contribution in [1.82, 2.24) is 19.7 Å². The fourth-order valence-corrected chi connectivity index (χ4v) is 3.12. The van der Waals surface area contributed by atoms with Crippen molar-refractivity contribution in [2.75, 3.05) is 5.32 Å². The van der Waals surface area contributed by atoms with E-state index in [1.54, 1.807) is 22.2 Å². The van der Waals surface area contributed by atoms with Crippen LogP contribution in [0.5, 0.6) is 0 Å². The number of aryl methyl sites for hydroxylation is 1. The van der Waals surface area contributed by atoms with Gasteiger partial charge in [-0.2, -0.15) is 5.10 Å². The van der Waals surface area contributed by atoms with E-state index in [9.17, 15) is 0 Å². The molecule has 0 aliphatic rings. The maximum Gasteiger partial charge on any atom is 0.130 e. The Labute approximate surface area is 131 Å². The molecule has 4 rings (SSSR count). The number of rotatable bonds is 3. The van der Waals surface area contributed by atoms with Crippen LogP contribution in [0.3, 0.4) is 0 Å². The lowest BCUT2D eigenvalue weighted by Crippen LogP contribution is -1.92. The minimum atomic E-state index is 0.816. The van der Waals surface area contributed by atoms with E-state index in [1.807, 2.05) is 43.7 Å². The molecule has 6 heteroatoms.